The summed E-state index contributed by atoms with van der Waals surface area (Å²) in [5, 5.41) is 2.81. The van der Waals surface area contributed by atoms with Crippen LogP contribution in [0.25, 0.3) is 22.4 Å². The maximum Gasteiger partial charge on any atom is 0.418 e. The molecule has 0 radical (unpaired) electrons. The number of H-pyrrole nitrogens is 1. The Balaban J connectivity index is 1.11. The van der Waals surface area contributed by atoms with E-state index in [4.69, 9.17) is 14.5 Å². The van der Waals surface area contributed by atoms with Gasteiger partial charge in [0.2, 0.25) is 5.95 Å². The first-order valence-corrected chi connectivity index (χ1v) is 19.3. The summed E-state index contributed by atoms with van der Waals surface area (Å²) in [7, 11) is 3.65. The van der Waals surface area contributed by atoms with Crippen LogP contribution in [-0.2, 0) is 20.4 Å². The van der Waals surface area contributed by atoms with Crippen LogP contribution in [0, 0.1) is 5.41 Å². The van der Waals surface area contributed by atoms with Crippen LogP contribution < -0.4 is 10.2 Å². The normalized spacial score (nSPS) is 17.8. The minimum atomic E-state index is -4.56. The average molecular weight is 763 g/mol. The Hall–Kier alpha value is -4.63. The Bertz CT molecular complexity index is 1980. The van der Waals surface area contributed by atoms with Crippen molar-refractivity contribution in [3.63, 3.8) is 0 Å². The van der Waals surface area contributed by atoms with Gasteiger partial charge in [0.15, 0.2) is 5.65 Å². The number of carbonyl (C=O) groups is 2. The number of nitrogens with zero attached hydrogens (tertiary/aromatic N) is 6. The number of carbonyl (C=O) groups excluding carboxylic acids is 2. The van der Waals surface area contributed by atoms with Gasteiger partial charge in [0.1, 0.15) is 11.2 Å². The maximum atomic E-state index is 14.2. The molecule has 3 aliphatic rings. The third-order valence-corrected chi connectivity index (χ3v) is 11.3. The van der Waals surface area contributed by atoms with E-state index >= 15 is 0 Å². The number of esters is 1. The monoisotopic (exact) mass is 762 g/mol. The van der Waals surface area contributed by atoms with Crippen molar-refractivity contribution in [2.24, 2.45) is 5.41 Å². The van der Waals surface area contributed by atoms with Crippen molar-refractivity contribution < 1.29 is 32.2 Å². The van der Waals surface area contributed by atoms with Crippen molar-refractivity contribution in [2.75, 3.05) is 63.8 Å². The van der Waals surface area contributed by atoms with Gasteiger partial charge < -0.3 is 24.3 Å². The number of imidazole rings is 1. The van der Waals surface area contributed by atoms with Crippen molar-refractivity contribution in [1.29, 1.82) is 0 Å². The van der Waals surface area contributed by atoms with E-state index in [2.05, 4.69) is 35.1 Å². The van der Waals surface area contributed by atoms with E-state index in [0.717, 1.165) is 63.2 Å². The SMILES string of the molecule is CCOC(=O)CCN1CCC(c2ccc(C(=O)Nc3nc4nc(-c5cnc(C6CC6)c(C(F)(F)F)c5)cc(N(C)CC5(COC)CCCC5)c4[nH]3)nc2)CC1. The highest BCUT2D eigenvalue weighted by molar-refractivity contribution is 6.03. The number of methoxy groups -OCH3 is 1. The van der Waals surface area contributed by atoms with Gasteiger partial charge >= 0.3 is 12.1 Å². The van der Waals surface area contributed by atoms with Crippen LogP contribution in [0.4, 0.5) is 24.8 Å². The number of ether oxygens (including phenoxy) is 2. The number of nitrogens with one attached hydrogen (secondary N) is 2. The Morgan fingerprint density at radius 1 is 1.04 bits per heavy atom. The number of alkyl halides is 3. The molecule has 0 bridgehead atoms. The number of aromatic nitrogens is 5. The molecule has 1 saturated heterocycles. The summed E-state index contributed by atoms with van der Waals surface area (Å²) in [6.07, 6.45) is 6.46. The summed E-state index contributed by atoms with van der Waals surface area (Å²) < 4.78 is 53.4. The second kappa shape index (κ2) is 16.2. The molecule has 0 atom stereocenters. The predicted octanol–water partition coefficient (Wildman–Crippen LogP) is 7.34. The molecule has 0 unspecified atom stereocenters. The van der Waals surface area contributed by atoms with E-state index in [9.17, 15) is 22.8 Å². The average Bonchev–Trinajstić information content (AvgIpc) is 3.79. The highest BCUT2D eigenvalue weighted by Crippen LogP contribution is 2.46. The summed E-state index contributed by atoms with van der Waals surface area (Å²) in [4.78, 5) is 50.8. The lowest BCUT2D eigenvalue weighted by Gasteiger charge is -2.34. The number of aromatic amines is 1. The van der Waals surface area contributed by atoms with Crippen LogP contribution in [0.15, 0.2) is 36.7 Å². The number of hydrogen-bond donors (Lipinski definition) is 2. The molecule has 2 N–H and O–H groups in total. The molecule has 5 heterocycles. The quantitative estimate of drug-likeness (QED) is 0.126. The number of likely N-dealkylation sites (tertiary alicyclic amines) is 1. The number of amides is 1. The van der Waals surface area contributed by atoms with Crippen molar-refractivity contribution >= 4 is 34.7 Å². The highest BCUT2D eigenvalue weighted by Gasteiger charge is 2.40. The molecule has 2 saturated carbocycles. The Morgan fingerprint density at radius 2 is 1.80 bits per heavy atom. The summed E-state index contributed by atoms with van der Waals surface area (Å²) in [6.45, 7) is 5.84. The topological polar surface area (TPSA) is 138 Å². The van der Waals surface area contributed by atoms with Crippen molar-refractivity contribution in [1.82, 2.24) is 29.8 Å². The molecule has 1 amide bonds. The lowest BCUT2D eigenvalue weighted by atomic mass is 9.86. The Kier molecular flexibility index (Phi) is 11.4. The largest absolute Gasteiger partial charge is 0.466 e. The molecule has 0 aromatic carbocycles. The summed E-state index contributed by atoms with van der Waals surface area (Å²) >= 11 is 0. The van der Waals surface area contributed by atoms with E-state index in [1.807, 2.05) is 13.1 Å². The summed E-state index contributed by atoms with van der Waals surface area (Å²) in [6, 6.07) is 6.53. The zero-order chi connectivity index (χ0) is 38.7. The Morgan fingerprint density at radius 3 is 2.45 bits per heavy atom. The van der Waals surface area contributed by atoms with E-state index in [1.165, 1.54) is 6.20 Å². The van der Waals surface area contributed by atoms with Crippen LogP contribution >= 0.6 is 0 Å². The lowest BCUT2D eigenvalue weighted by Crippen LogP contribution is -2.37. The molecular formula is C40H49F3N8O4. The lowest BCUT2D eigenvalue weighted by molar-refractivity contribution is -0.143. The fourth-order valence-electron chi connectivity index (χ4n) is 8.30. The number of fused-ring (bicyclic) bond motifs is 1. The first-order chi connectivity index (χ1) is 26.4. The zero-order valence-corrected chi connectivity index (χ0v) is 31.7. The molecule has 294 valence electrons. The molecule has 2 aliphatic carbocycles. The highest BCUT2D eigenvalue weighted by atomic mass is 19.4. The maximum absolute atomic E-state index is 14.2. The fraction of sp³-hybridized carbons (Fsp3) is 0.550. The second-order valence-corrected chi connectivity index (χ2v) is 15.3. The van der Waals surface area contributed by atoms with Gasteiger partial charge in [-0.25, -0.2) is 4.98 Å². The van der Waals surface area contributed by atoms with Gasteiger partial charge in [-0.1, -0.05) is 18.9 Å². The van der Waals surface area contributed by atoms with Gasteiger partial charge in [0.25, 0.3) is 5.91 Å². The first-order valence-electron chi connectivity index (χ1n) is 19.3. The van der Waals surface area contributed by atoms with Gasteiger partial charge in [-0.05, 0) is 88.2 Å². The third kappa shape index (κ3) is 8.93. The number of anilines is 2. The fourth-order valence-corrected chi connectivity index (χ4v) is 8.30. The smallest absolute Gasteiger partial charge is 0.418 e. The molecule has 4 aromatic heterocycles. The molecule has 15 heteroatoms. The van der Waals surface area contributed by atoms with E-state index in [0.29, 0.717) is 68.4 Å². The molecule has 4 aromatic rings. The predicted molar refractivity (Wildman–Crippen MR) is 202 cm³/mol. The van der Waals surface area contributed by atoms with Crippen molar-refractivity contribution in [3.05, 3.63) is 59.2 Å². The van der Waals surface area contributed by atoms with Gasteiger partial charge in [-0.2, -0.15) is 18.2 Å². The van der Waals surface area contributed by atoms with Crippen molar-refractivity contribution in [2.45, 2.75) is 82.7 Å². The van der Waals surface area contributed by atoms with Crippen LogP contribution in [0.5, 0.6) is 0 Å². The van der Waals surface area contributed by atoms with Gasteiger partial charge in [-0.15, -0.1) is 0 Å². The molecule has 7 rings (SSSR count). The van der Waals surface area contributed by atoms with E-state index < -0.39 is 17.6 Å². The molecule has 12 nitrogen and oxygen atoms in total. The van der Waals surface area contributed by atoms with Crippen LogP contribution in [0.2, 0.25) is 0 Å². The van der Waals surface area contributed by atoms with Gasteiger partial charge in [0.05, 0.1) is 42.3 Å². The number of pyridine rings is 3. The Labute approximate surface area is 318 Å². The van der Waals surface area contributed by atoms with Crippen LogP contribution in [-0.4, -0.2) is 95.2 Å². The number of piperidine rings is 1. The number of rotatable bonds is 14. The van der Waals surface area contributed by atoms with Crippen molar-refractivity contribution in [3.8, 4) is 11.3 Å². The molecular weight excluding hydrogens is 713 g/mol. The first kappa shape index (κ1) is 38.6. The standard InChI is InChI=1S/C40H49F3N8O4/c1-4-55-33(52)13-18-51-16-11-25(12-17-51)27-9-10-30(44-21-27)37(53)49-38-47-35-32(50(2)23-39(24-54-3)14-5-6-15-39)20-31(46-36(35)48-38)28-19-29(40(41,42)43)34(45-22-28)26-7-8-26/h9-10,19-22,25-26H,4-8,11-18,23-24H2,1-3H3,(H2,46,47,48,49,53). The minimum absolute atomic E-state index is 0.0772. The summed E-state index contributed by atoms with van der Waals surface area (Å²) in [5.41, 5.74) is 2.55. The van der Waals surface area contributed by atoms with Gasteiger partial charge in [0, 0.05) is 56.5 Å². The number of hydrogen-bond acceptors (Lipinski definition) is 10. The second-order valence-electron chi connectivity index (χ2n) is 15.3. The molecule has 55 heavy (non-hydrogen) atoms. The van der Waals surface area contributed by atoms with Crippen LogP contribution in [0.1, 0.15) is 104 Å². The summed E-state index contributed by atoms with van der Waals surface area (Å²) in [5.74, 6) is -0.374. The third-order valence-electron chi connectivity index (χ3n) is 11.3. The molecule has 1 aliphatic heterocycles. The molecule has 3 fully saturated rings. The molecule has 0 spiro atoms. The zero-order valence-electron chi connectivity index (χ0n) is 31.7. The minimum Gasteiger partial charge on any atom is -0.466 e. The number of halogens is 3. The van der Waals surface area contributed by atoms with Gasteiger partial charge in [-0.3, -0.25) is 24.9 Å². The van der Waals surface area contributed by atoms with E-state index in [-0.39, 0.29) is 45.8 Å². The van der Waals surface area contributed by atoms with Crippen LogP contribution in [0.3, 0.4) is 0 Å². The van der Waals surface area contributed by atoms with E-state index in [1.54, 1.807) is 32.4 Å².